The first-order valence-electron chi connectivity index (χ1n) is 15.2. The van der Waals surface area contributed by atoms with E-state index < -0.39 is 71.4 Å². The molecule has 3 amide bonds. The Bertz CT molecular complexity index is 1310. The van der Waals surface area contributed by atoms with E-state index in [1.54, 1.807) is 13.8 Å². The summed E-state index contributed by atoms with van der Waals surface area (Å²) in [6.45, 7) is 6.85. The van der Waals surface area contributed by atoms with Crippen molar-refractivity contribution < 1.29 is 37.9 Å². The van der Waals surface area contributed by atoms with E-state index >= 15 is 0 Å². The number of Topliss-reactive ketones (excluding diaryl/α,β-unsaturated/α-hetero) is 2. The van der Waals surface area contributed by atoms with Gasteiger partial charge in [0.2, 0.25) is 17.6 Å². The number of primary amides is 1. The van der Waals surface area contributed by atoms with Crippen LogP contribution in [-0.4, -0.2) is 47.8 Å². The lowest BCUT2D eigenvalue weighted by Gasteiger charge is -2.26. The lowest BCUT2D eigenvalue weighted by atomic mass is 9.90. The molecule has 0 fully saturated rings. The van der Waals surface area contributed by atoms with Crippen LogP contribution in [0.4, 0.5) is 4.39 Å². The predicted molar refractivity (Wildman–Crippen MR) is 166 cm³/mol. The van der Waals surface area contributed by atoms with Crippen LogP contribution in [0.1, 0.15) is 64.5 Å². The minimum absolute atomic E-state index is 0.0574. The van der Waals surface area contributed by atoms with Gasteiger partial charge in [0.05, 0.1) is 19.0 Å². The van der Waals surface area contributed by atoms with Crippen molar-refractivity contribution in [1.82, 2.24) is 10.6 Å². The fourth-order valence-corrected chi connectivity index (χ4v) is 4.76. The molecule has 0 aliphatic carbocycles. The summed E-state index contributed by atoms with van der Waals surface area (Å²) in [6, 6.07) is 13.4. The number of amides is 3. The van der Waals surface area contributed by atoms with Gasteiger partial charge in [0, 0.05) is 18.3 Å². The molecule has 0 saturated heterocycles. The largest absolute Gasteiger partial charge is 0.461 e. The standard InChI is InChI=1S/C34H44FN3O7/c1-5-22(4)30(38-33(43)26(15-21(2)3)18-29(40)45-20-24-9-7-6-8-10-24)31(41)34(44)37-19-28(39)17-25(32(36)42)16-23-11-13-27(35)14-12-23/h6-14,21-22,25-26,30H,5,15-20H2,1-4H3,(H2,36,42)(H,37,44)(H,38,43). The van der Waals surface area contributed by atoms with Crippen molar-refractivity contribution in [2.75, 3.05) is 6.54 Å². The molecule has 0 spiro atoms. The van der Waals surface area contributed by atoms with Crippen molar-refractivity contribution in [2.45, 2.75) is 72.4 Å². The van der Waals surface area contributed by atoms with Crippen molar-refractivity contribution in [1.29, 1.82) is 0 Å². The summed E-state index contributed by atoms with van der Waals surface area (Å²) in [6.07, 6.45) is 0.434. The number of carbonyl (C=O) groups excluding carboxylic acids is 6. The first-order valence-corrected chi connectivity index (χ1v) is 15.2. The second-order valence-electron chi connectivity index (χ2n) is 11.8. The Kier molecular flexibility index (Phi) is 15.0. The quantitative estimate of drug-likeness (QED) is 0.159. The number of hydrogen-bond donors (Lipinski definition) is 3. The fraction of sp³-hybridized carbons (Fsp3) is 0.471. The number of nitrogens with one attached hydrogen (secondary N) is 2. The van der Waals surface area contributed by atoms with Gasteiger partial charge in [0.1, 0.15) is 12.4 Å². The molecule has 0 heterocycles. The smallest absolute Gasteiger partial charge is 0.306 e. The Morgan fingerprint density at radius 1 is 0.867 bits per heavy atom. The van der Waals surface area contributed by atoms with Crippen molar-refractivity contribution in [3.05, 3.63) is 71.5 Å². The normalized spacial score (nSPS) is 13.6. The number of carbonyl (C=O) groups is 6. The van der Waals surface area contributed by atoms with E-state index in [0.29, 0.717) is 18.4 Å². The number of halogens is 1. The highest BCUT2D eigenvalue weighted by molar-refractivity contribution is 6.38. The van der Waals surface area contributed by atoms with Crippen LogP contribution in [-0.2, 0) is 46.5 Å². The minimum Gasteiger partial charge on any atom is -0.461 e. The van der Waals surface area contributed by atoms with Crippen LogP contribution >= 0.6 is 0 Å². The molecule has 4 atom stereocenters. The van der Waals surface area contributed by atoms with Crippen LogP contribution in [0.5, 0.6) is 0 Å². The molecule has 0 aromatic heterocycles. The number of benzene rings is 2. The highest BCUT2D eigenvalue weighted by Gasteiger charge is 2.34. The fourth-order valence-electron chi connectivity index (χ4n) is 4.76. The lowest BCUT2D eigenvalue weighted by molar-refractivity contribution is -0.149. The predicted octanol–water partition coefficient (Wildman–Crippen LogP) is 3.44. The topological polar surface area (TPSA) is 162 Å². The van der Waals surface area contributed by atoms with Crippen molar-refractivity contribution >= 4 is 35.3 Å². The van der Waals surface area contributed by atoms with Gasteiger partial charge >= 0.3 is 5.97 Å². The molecule has 10 nitrogen and oxygen atoms in total. The van der Waals surface area contributed by atoms with Gasteiger partial charge < -0.3 is 21.1 Å². The maximum atomic E-state index is 13.3. The Labute approximate surface area is 263 Å². The van der Waals surface area contributed by atoms with Crippen LogP contribution in [0.3, 0.4) is 0 Å². The molecule has 2 rings (SSSR count). The van der Waals surface area contributed by atoms with Gasteiger partial charge in [-0.2, -0.15) is 0 Å². The molecule has 0 aliphatic heterocycles. The second kappa shape index (κ2) is 18.4. The zero-order chi connectivity index (χ0) is 33.5. The van der Waals surface area contributed by atoms with Gasteiger partial charge in [-0.3, -0.25) is 28.8 Å². The molecule has 0 saturated carbocycles. The highest BCUT2D eigenvalue weighted by Crippen LogP contribution is 2.19. The number of nitrogens with two attached hydrogens (primary N) is 1. The van der Waals surface area contributed by atoms with Crippen LogP contribution in [0.15, 0.2) is 54.6 Å². The van der Waals surface area contributed by atoms with E-state index in [2.05, 4.69) is 10.6 Å². The third kappa shape index (κ3) is 13.0. The molecule has 0 radical (unpaired) electrons. The van der Waals surface area contributed by atoms with E-state index in [4.69, 9.17) is 10.5 Å². The summed E-state index contributed by atoms with van der Waals surface area (Å²) < 4.78 is 18.6. The minimum atomic E-state index is -1.19. The maximum absolute atomic E-state index is 13.3. The third-order valence-electron chi connectivity index (χ3n) is 7.52. The van der Waals surface area contributed by atoms with Gasteiger partial charge in [-0.15, -0.1) is 0 Å². The van der Waals surface area contributed by atoms with E-state index in [1.165, 1.54) is 24.3 Å². The Hall–Kier alpha value is -4.41. The van der Waals surface area contributed by atoms with Gasteiger partial charge in [0.15, 0.2) is 5.78 Å². The zero-order valence-corrected chi connectivity index (χ0v) is 26.3. The number of ether oxygens (including phenoxy) is 1. The van der Waals surface area contributed by atoms with E-state index in [9.17, 15) is 33.2 Å². The lowest BCUT2D eigenvalue weighted by Crippen LogP contribution is -2.52. The average molecular weight is 626 g/mol. The SMILES string of the molecule is CCC(C)C(NC(=O)C(CC(=O)OCc1ccccc1)CC(C)C)C(=O)C(=O)NCC(=O)CC(Cc1ccc(F)cc1)C(N)=O. The Morgan fingerprint density at radius 3 is 2.09 bits per heavy atom. The van der Waals surface area contributed by atoms with Crippen molar-refractivity contribution in [2.24, 2.45) is 29.4 Å². The van der Waals surface area contributed by atoms with Crippen LogP contribution in [0.2, 0.25) is 0 Å². The van der Waals surface area contributed by atoms with E-state index in [-0.39, 0.29) is 31.8 Å². The Balaban J connectivity index is 2.00. The summed E-state index contributed by atoms with van der Waals surface area (Å²) in [5.74, 6) is -6.85. The number of ketones is 2. The monoisotopic (exact) mass is 625 g/mol. The highest BCUT2D eigenvalue weighted by atomic mass is 19.1. The van der Waals surface area contributed by atoms with E-state index in [0.717, 1.165) is 5.56 Å². The van der Waals surface area contributed by atoms with Gasteiger partial charge in [0.25, 0.3) is 5.91 Å². The summed E-state index contributed by atoms with van der Waals surface area (Å²) in [7, 11) is 0. The molecular formula is C34H44FN3O7. The molecule has 244 valence electrons. The molecule has 2 aromatic rings. The zero-order valence-electron chi connectivity index (χ0n) is 26.3. The summed E-state index contributed by atoms with van der Waals surface area (Å²) in [5.41, 5.74) is 6.87. The number of hydrogen-bond acceptors (Lipinski definition) is 7. The van der Waals surface area contributed by atoms with Crippen LogP contribution < -0.4 is 16.4 Å². The maximum Gasteiger partial charge on any atom is 0.306 e. The molecule has 4 unspecified atom stereocenters. The molecule has 0 aliphatic rings. The van der Waals surface area contributed by atoms with Gasteiger partial charge in [-0.25, -0.2) is 4.39 Å². The van der Waals surface area contributed by atoms with E-state index in [1.807, 2.05) is 44.2 Å². The molecule has 2 aromatic carbocycles. The third-order valence-corrected chi connectivity index (χ3v) is 7.52. The Morgan fingerprint density at radius 2 is 1.51 bits per heavy atom. The molecule has 11 heteroatoms. The number of esters is 1. The van der Waals surface area contributed by atoms with Gasteiger partial charge in [-0.1, -0.05) is 76.6 Å². The first-order chi connectivity index (χ1) is 21.3. The van der Waals surface area contributed by atoms with Crippen LogP contribution in [0, 0.1) is 29.5 Å². The summed E-state index contributed by atoms with van der Waals surface area (Å²) in [5, 5.41) is 4.96. The van der Waals surface area contributed by atoms with Crippen molar-refractivity contribution in [3.8, 4) is 0 Å². The number of rotatable bonds is 19. The molecule has 4 N–H and O–H groups in total. The average Bonchev–Trinajstić information content (AvgIpc) is 3.01. The summed E-state index contributed by atoms with van der Waals surface area (Å²) >= 11 is 0. The molecular weight excluding hydrogens is 581 g/mol. The van der Waals surface area contributed by atoms with Crippen LogP contribution in [0.25, 0.3) is 0 Å². The van der Waals surface area contributed by atoms with Crippen molar-refractivity contribution in [3.63, 3.8) is 0 Å². The second-order valence-corrected chi connectivity index (χ2v) is 11.8. The van der Waals surface area contributed by atoms with Gasteiger partial charge in [-0.05, 0) is 47.9 Å². The first kappa shape index (κ1) is 36.8. The molecule has 45 heavy (non-hydrogen) atoms. The summed E-state index contributed by atoms with van der Waals surface area (Å²) in [4.78, 5) is 76.5. The molecule has 0 bridgehead atoms.